The molecule has 0 aromatic heterocycles. The molecule has 2 rings (SSSR count). The average Bonchev–Trinajstić information content (AvgIpc) is 2.49. The van der Waals surface area contributed by atoms with Crippen molar-refractivity contribution in [3.05, 3.63) is 53.1 Å². The maximum Gasteiger partial charge on any atom is 0.170 e. The molecular weight excluding hydrogens is 342 g/mol. The second kappa shape index (κ2) is 8.87. The quantitative estimate of drug-likeness (QED) is 0.749. The lowest BCUT2D eigenvalue weighted by molar-refractivity contribution is 0.413. The number of aryl methyl sites for hydroxylation is 1. The Hall–Kier alpha value is -1.82. The highest BCUT2D eigenvalue weighted by molar-refractivity contribution is 7.80. The number of likely N-dealkylation sites (N-methyl/N-ethyl adjacent to an activating group) is 1. The van der Waals surface area contributed by atoms with Crippen molar-refractivity contribution in [3.8, 4) is 11.5 Å². The van der Waals surface area contributed by atoms with E-state index in [0.717, 1.165) is 30.1 Å². The molecular formula is C18H22ClN3OS. The summed E-state index contributed by atoms with van der Waals surface area (Å²) in [6.45, 7) is 3.68. The Bertz CT molecular complexity index is 706. The summed E-state index contributed by atoms with van der Waals surface area (Å²) < 4.78 is 5.97. The van der Waals surface area contributed by atoms with Crippen LogP contribution in [0.25, 0.3) is 0 Å². The van der Waals surface area contributed by atoms with Gasteiger partial charge in [0.2, 0.25) is 0 Å². The van der Waals surface area contributed by atoms with Gasteiger partial charge in [0.1, 0.15) is 5.75 Å². The Kier molecular flexibility index (Phi) is 6.85. The van der Waals surface area contributed by atoms with Crippen molar-refractivity contribution >= 4 is 34.6 Å². The van der Waals surface area contributed by atoms with Gasteiger partial charge in [-0.2, -0.15) is 0 Å². The molecule has 0 radical (unpaired) electrons. The SMILES string of the molecule is Cc1cccc(Oc2ccc(Cl)cc2NC(=S)NCCN(C)C)c1. The van der Waals surface area contributed by atoms with Gasteiger partial charge in [-0.1, -0.05) is 23.7 Å². The Morgan fingerprint density at radius 1 is 1.21 bits per heavy atom. The zero-order valence-corrected chi connectivity index (χ0v) is 15.7. The molecule has 0 saturated heterocycles. The van der Waals surface area contributed by atoms with Gasteiger partial charge in [-0.05, 0) is 69.1 Å². The number of nitrogens with zero attached hydrogens (tertiary/aromatic N) is 1. The number of ether oxygens (including phenoxy) is 1. The normalized spacial score (nSPS) is 10.5. The largest absolute Gasteiger partial charge is 0.455 e. The summed E-state index contributed by atoms with van der Waals surface area (Å²) in [6, 6.07) is 13.3. The summed E-state index contributed by atoms with van der Waals surface area (Å²) >= 11 is 11.4. The van der Waals surface area contributed by atoms with E-state index in [4.69, 9.17) is 28.6 Å². The zero-order chi connectivity index (χ0) is 17.5. The van der Waals surface area contributed by atoms with E-state index in [0.29, 0.717) is 15.9 Å². The third kappa shape index (κ3) is 6.00. The third-order valence-corrected chi connectivity index (χ3v) is 3.73. The van der Waals surface area contributed by atoms with Gasteiger partial charge in [-0.25, -0.2) is 0 Å². The second-order valence-electron chi connectivity index (χ2n) is 5.74. The van der Waals surface area contributed by atoms with Crippen molar-refractivity contribution in [1.82, 2.24) is 10.2 Å². The van der Waals surface area contributed by atoms with Crippen LogP contribution in [-0.4, -0.2) is 37.2 Å². The highest BCUT2D eigenvalue weighted by Gasteiger charge is 2.08. The predicted octanol–water partition coefficient (Wildman–Crippen LogP) is 4.29. The van der Waals surface area contributed by atoms with Crippen LogP contribution in [0, 0.1) is 6.92 Å². The van der Waals surface area contributed by atoms with E-state index in [9.17, 15) is 0 Å². The van der Waals surface area contributed by atoms with Crippen LogP contribution in [-0.2, 0) is 0 Å². The topological polar surface area (TPSA) is 36.5 Å². The van der Waals surface area contributed by atoms with Crippen LogP contribution in [0.1, 0.15) is 5.56 Å². The zero-order valence-electron chi connectivity index (χ0n) is 14.1. The lowest BCUT2D eigenvalue weighted by atomic mass is 10.2. The summed E-state index contributed by atoms with van der Waals surface area (Å²) in [6.07, 6.45) is 0. The maximum atomic E-state index is 6.11. The van der Waals surface area contributed by atoms with Crippen LogP contribution in [0.3, 0.4) is 0 Å². The number of thiocarbonyl (C=S) groups is 1. The van der Waals surface area contributed by atoms with Gasteiger partial charge in [-0.3, -0.25) is 0 Å². The van der Waals surface area contributed by atoms with Gasteiger partial charge in [0, 0.05) is 18.1 Å². The molecule has 0 bridgehead atoms. The molecule has 128 valence electrons. The molecule has 0 unspecified atom stereocenters. The Morgan fingerprint density at radius 2 is 2.00 bits per heavy atom. The van der Waals surface area contributed by atoms with Crippen LogP contribution in [0.2, 0.25) is 5.02 Å². The summed E-state index contributed by atoms with van der Waals surface area (Å²) in [5.41, 5.74) is 1.86. The third-order valence-electron chi connectivity index (χ3n) is 3.25. The van der Waals surface area contributed by atoms with E-state index in [1.807, 2.05) is 51.4 Å². The standard InChI is InChI=1S/C18H22ClN3OS/c1-13-5-4-6-15(11-13)23-17-8-7-14(19)12-16(17)21-18(24)20-9-10-22(2)3/h4-8,11-12H,9-10H2,1-3H3,(H2,20,21,24). The predicted molar refractivity (Wildman–Crippen MR) is 105 cm³/mol. The Morgan fingerprint density at radius 3 is 2.71 bits per heavy atom. The summed E-state index contributed by atoms with van der Waals surface area (Å²) in [7, 11) is 4.03. The molecule has 0 saturated carbocycles. The first-order valence-electron chi connectivity index (χ1n) is 7.67. The number of hydrogen-bond donors (Lipinski definition) is 2. The van der Waals surface area contributed by atoms with Gasteiger partial charge >= 0.3 is 0 Å². The van der Waals surface area contributed by atoms with Crippen molar-refractivity contribution in [3.63, 3.8) is 0 Å². The number of anilines is 1. The number of rotatable bonds is 6. The van der Waals surface area contributed by atoms with Gasteiger partial charge in [0.15, 0.2) is 10.9 Å². The van der Waals surface area contributed by atoms with E-state index in [1.54, 1.807) is 12.1 Å². The molecule has 4 nitrogen and oxygen atoms in total. The molecule has 0 fully saturated rings. The summed E-state index contributed by atoms with van der Waals surface area (Å²) in [4.78, 5) is 2.08. The molecule has 0 amide bonds. The smallest absolute Gasteiger partial charge is 0.170 e. The van der Waals surface area contributed by atoms with Crippen LogP contribution < -0.4 is 15.4 Å². The van der Waals surface area contributed by atoms with Gasteiger partial charge in [0.05, 0.1) is 5.69 Å². The molecule has 2 aromatic carbocycles. The van der Waals surface area contributed by atoms with Crippen molar-refractivity contribution in [2.45, 2.75) is 6.92 Å². The molecule has 2 aromatic rings. The summed E-state index contributed by atoms with van der Waals surface area (Å²) in [5.74, 6) is 1.44. The number of halogens is 1. The first kappa shape index (κ1) is 18.5. The van der Waals surface area contributed by atoms with Crippen molar-refractivity contribution in [1.29, 1.82) is 0 Å². The molecule has 0 spiro atoms. The van der Waals surface area contributed by atoms with E-state index in [-0.39, 0.29) is 0 Å². The number of hydrogen-bond acceptors (Lipinski definition) is 3. The minimum absolute atomic E-state index is 0.535. The van der Waals surface area contributed by atoms with Gasteiger partial charge in [-0.15, -0.1) is 0 Å². The molecule has 2 N–H and O–H groups in total. The lowest BCUT2D eigenvalue weighted by Gasteiger charge is -2.16. The van der Waals surface area contributed by atoms with E-state index in [2.05, 4.69) is 15.5 Å². The highest BCUT2D eigenvalue weighted by atomic mass is 35.5. The van der Waals surface area contributed by atoms with E-state index in [1.165, 1.54) is 0 Å². The van der Waals surface area contributed by atoms with Gasteiger partial charge < -0.3 is 20.3 Å². The van der Waals surface area contributed by atoms with Crippen LogP contribution in [0.5, 0.6) is 11.5 Å². The number of nitrogens with one attached hydrogen (secondary N) is 2. The monoisotopic (exact) mass is 363 g/mol. The molecule has 24 heavy (non-hydrogen) atoms. The second-order valence-corrected chi connectivity index (χ2v) is 6.59. The Balaban J connectivity index is 2.08. The van der Waals surface area contributed by atoms with E-state index < -0.39 is 0 Å². The fourth-order valence-corrected chi connectivity index (χ4v) is 2.44. The minimum atomic E-state index is 0.535. The molecule has 0 aliphatic rings. The van der Waals surface area contributed by atoms with E-state index >= 15 is 0 Å². The first-order valence-corrected chi connectivity index (χ1v) is 8.46. The fourth-order valence-electron chi connectivity index (χ4n) is 2.05. The van der Waals surface area contributed by atoms with Crippen LogP contribution in [0.4, 0.5) is 5.69 Å². The summed E-state index contributed by atoms with van der Waals surface area (Å²) in [5, 5.41) is 7.47. The maximum absolute atomic E-state index is 6.11. The van der Waals surface area contributed by atoms with Crippen molar-refractivity contribution < 1.29 is 4.74 Å². The first-order chi connectivity index (χ1) is 11.4. The number of benzene rings is 2. The van der Waals surface area contributed by atoms with Crippen molar-refractivity contribution in [2.75, 3.05) is 32.5 Å². The molecule has 0 atom stereocenters. The van der Waals surface area contributed by atoms with Crippen molar-refractivity contribution in [2.24, 2.45) is 0 Å². The fraction of sp³-hybridized carbons (Fsp3) is 0.278. The van der Waals surface area contributed by atoms with Crippen LogP contribution >= 0.6 is 23.8 Å². The van der Waals surface area contributed by atoms with Crippen LogP contribution in [0.15, 0.2) is 42.5 Å². The molecule has 0 heterocycles. The molecule has 0 aliphatic heterocycles. The minimum Gasteiger partial charge on any atom is -0.455 e. The molecule has 0 aliphatic carbocycles. The average molecular weight is 364 g/mol. The van der Waals surface area contributed by atoms with Gasteiger partial charge in [0.25, 0.3) is 0 Å². The Labute approximate surface area is 153 Å². The lowest BCUT2D eigenvalue weighted by Crippen LogP contribution is -2.34. The molecule has 6 heteroatoms. The highest BCUT2D eigenvalue weighted by Crippen LogP contribution is 2.32.